The fourth-order valence-corrected chi connectivity index (χ4v) is 2.93. The van der Waals surface area contributed by atoms with Gasteiger partial charge in [-0.3, -0.25) is 0 Å². The number of likely N-dealkylation sites (N-methyl/N-ethyl adjacent to an activating group) is 2. The van der Waals surface area contributed by atoms with Crippen molar-refractivity contribution in [1.29, 1.82) is 0 Å². The molecule has 5 heteroatoms. The van der Waals surface area contributed by atoms with E-state index in [2.05, 4.69) is 40.3 Å². The Morgan fingerprint density at radius 1 is 1.30 bits per heavy atom. The first-order valence-corrected chi connectivity index (χ1v) is 7.65. The minimum absolute atomic E-state index is 0.556. The van der Waals surface area contributed by atoms with Crippen molar-refractivity contribution in [2.45, 2.75) is 37.6 Å². The lowest BCUT2D eigenvalue weighted by atomic mass is 10.1. The van der Waals surface area contributed by atoms with Gasteiger partial charge in [-0.05, 0) is 39.3 Å². The van der Waals surface area contributed by atoms with E-state index in [-0.39, 0.29) is 0 Å². The van der Waals surface area contributed by atoms with Crippen molar-refractivity contribution in [1.82, 2.24) is 14.9 Å². The molecule has 1 aromatic heterocycles. The number of likely N-dealkylation sites (tertiary alicyclic amines) is 1. The molecule has 5 nitrogen and oxygen atoms in total. The van der Waals surface area contributed by atoms with Crippen molar-refractivity contribution < 1.29 is 0 Å². The van der Waals surface area contributed by atoms with Gasteiger partial charge in [0.15, 0.2) is 0 Å². The summed E-state index contributed by atoms with van der Waals surface area (Å²) >= 11 is 0. The fraction of sp³-hybridized carbons (Fsp3) is 0.733. The van der Waals surface area contributed by atoms with Crippen molar-refractivity contribution in [3.63, 3.8) is 0 Å². The highest BCUT2D eigenvalue weighted by Crippen LogP contribution is 2.39. The first kappa shape index (κ1) is 13.6. The normalized spacial score (nSPS) is 23.6. The van der Waals surface area contributed by atoms with Gasteiger partial charge in [-0.2, -0.15) is 0 Å². The molecule has 2 aliphatic rings. The highest BCUT2D eigenvalue weighted by atomic mass is 15.2. The highest BCUT2D eigenvalue weighted by molar-refractivity contribution is 5.50. The molecule has 0 radical (unpaired) electrons. The highest BCUT2D eigenvalue weighted by Gasteiger charge is 2.29. The molecule has 20 heavy (non-hydrogen) atoms. The second-order valence-electron chi connectivity index (χ2n) is 6.16. The Morgan fingerprint density at radius 2 is 2.10 bits per heavy atom. The molecular formula is C15H25N5. The molecule has 2 heterocycles. The zero-order chi connectivity index (χ0) is 14.1. The molecule has 1 N–H and O–H groups in total. The van der Waals surface area contributed by atoms with E-state index < -0.39 is 0 Å². The topological polar surface area (TPSA) is 44.3 Å². The first-order valence-electron chi connectivity index (χ1n) is 7.65. The van der Waals surface area contributed by atoms with Crippen molar-refractivity contribution in [3.8, 4) is 0 Å². The van der Waals surface area contributed by atoms with E-state index in [9.17, 15) is 0 Å². The molecule has 0 bridgehead atoms. The predicted molar refractivity (Wildman–Crippen MR) is 82.5 cm³/mol. The standard InChI is InChI=1S/C15H25N5/c1-16-13-9-14(18-15(17-13)11-6-7-11)20(3)12-5-4-8-19(2)10-12/h9,11-12H,4-8,10H2,1-3H3,(H,16,17,18). The van der Waals surface area contributed by atoms with Crippen LogP contribution in [0.3, 0.4) is 0 Å². The molecule has 2 fully saturated rings. The Morgan fingerprint density at radius 3 is 2.75 bits per heavy atom. The number of hydrogen-bond acceptors (Lipinski definition) is 5. The maximum absolute atomic E-state index is 4.80. The van der Waals surface area contributed by atoms with Gasteiger partial charge in [0.1, 0.15) is 17.5 Å². The molecule has 0 aromatic carbocycles. The number of rotatable bonds is 4. The Balaban J connectivity index is 1.82. The average Bonchev–Trinajstić information content (AvgIpc) is 3.30. The van der Waals surface area contributed by atoms with Crippen molar-refractivity contribution in [2.75, 3.05) is 44.4 Å². The van der Waals surface area contributed by atoms with Crippen LogP contribution in [0.1, 0.15) is 37.4 Å². The molecule has 0 spiro atoms. The van der Waals surface area contributed by atoms with Gasteiger partial charge >= 0.3 is 0 Å². The van der Waals surface area contributed by atoms with E-state index in [1.807, 2.05) is 7.05 Å². The van der Waals surface area contributed by atoms with E-state index >= 15 is 0 Å². The summed E-state index contributed by atoms with van der Waals surface area (Å²) in [4.78, 5) is 14.1. The van der Waals surface area contributed by atoms with Crippen LogP contribution < -0.4 is 10.2 Å². The third-order valence-electron chi connectivity index (χ3n) is 4.44. The van der Waals surface area contributed by atoms with Crippen LogP contribution in [0.2, 0.25) is 0 Å². The van der Waals surface area contributed by atoms with E-state index in [1.165, 1.54) is 32.2 Å². The summed E-state index contributed by atoms with van der Waals surface area (Å²) < 4.78 is 0. The van der Waals surface area contributed by atoms with E-state index in [0.29, 0.717) is 12.0 Å². The van der Waals surface area contributed by atoms with Crippen molar-refractivity contribution in [2.24, 2.45) is 0 Å². The lowest BCUT2D eigenvalue weighted by molar-refractivity contribution is 0.247. The van der Waals surface area contributed by atoms with Crippen LogP contribution in [0, 0.1) is 0 Å². The Hall–Kier alpha value is -1.36. The Kier molecular flexibility index (Phi) is 3.78. The summed E-state index contributed by atoms with van der Waals surface area (Å²) in [6, 6.07) is 2.63. The Labute approximate surface area is 121 Å². The summed E-state index contributed by atoms with van der Waals surface area (Å²) in [5.41, 5.74) is 0. The summed E-state index contributed by atoms with van der Waals surface area (Å²) in [6.45, 7) is 2.33. The zero-order valence-corrected chi connectivity index (χ0v) is 12.8. The molecule has 1 aliphatic heterocycles. The van der Waals surface area contributed by atoms with E-state index in [0.717, 1.165) is 24.0 Å². The van der Waals surface area contributed by atoms with Crippen LogP contribution in [0.4, 0.5) is 11.6 Å². The first-order chi connectivity index (χ1) is 9.67. The molecule has 0 amide bonds. The molecule has 1 atom stereocenters. The molecule has 1 unspecified atom stereocenters. The summed E-state index contributed by atoms with van der Waals surface area (Å²) in [7, 11) is 6.30. The summed E-state index contributed by atoms with van der Waals surface area (Å²) in [5, 5.41) is 3.17. The third kappa shape index (κ3) is 2.87. The number of hydrogen-bond donors (Lipinski definition) is 1. The van der Waals surface area contributed by atoms with Crippen LogP contribution >= 0.6 is 0 Å². The van der Waals surface area contributed by atoms with Crippen LogP contribution in [0.5, 0.6) is 0 Å². The zero-order valence-electron chi connectivity index (χ0n) is 12.8. The monoisotopic (exact) mass is 275 g/mol. The minimum atomic E-state index is 0.556. The van der Waals surface area contributed by atoms with Gasteiger partial charge in [-0.1, -0.05) is 0 Å². The number of piperidine rings is 1. The van der Waals surface area contributed by atoms with E-state index in [4.69, 9.17) is 4.98 Å². The number of aromatic nitrogens is 2. The van der Waals surface area contributed by atoms with Gasteiger partial charge in [0.05, 0.1) is 0 Å². The minimum Gasteiger partial charge on any atom is -0.373 e. The van der Waals surface area contributed by atoms with Crippen LogP contribution in [0.25, 0.3) is 0 Å². The predicted octanol–water partition coefficient (Wildman–Crippen LogP) is 1.93. The molecule has 1 saturated heterocycles. The fourth-order valence-electron chi connectivity index (χ4n) is 2.93. The number of anilines is 2. The smallest absolute Gasteiger partial charge is 0.136 e. The molecular weight excluding hydrogens is 250 g/mol. The van der Waals surface area contributed by atoms with Gasteiger partial charge in [0.25, 0.3) is 0 Å². The number of nitrogens with one attached hydrogen (secondary N) is 1. The van der Waals surface area contributed by atoms with E-state index in [1.54, 1.807) is 0 Å². The molecule has 1 aliphatic carbocycles. The average molecular weight is 275 g/mol. The van der Waals surface area contributed by atoms with Crippen molar-refractivity contribution in [3.05, 3.63) is 11.9 Å². The number of nitrogens with zero attached hydrogens (tertiary/aromatic N) is 4. The van der Waals surface area contributed by atoms with Gasteiger partial charge in [-0.15, -0.1) is 0 Å². The van der Waals surface area contributed by atoms with Gasteiger partial charge < -0.3 is 15.1 Å². The quantitative estimate of drug-likeness (QED) is 0.909. The second kappa shape index (κ2) is 5.56. The Bertz CT molecular complexity index is 471. The van der Waals surface area contributed by atoms with Crippen molar-refractivity contribution >= 4 is 11.6 Å². The van der Waals surface area contributed by atoms with Gasteiger partial charge in [-0.25, -0.2) is 9.97 Å². The van der Waals surface area contributed by atoms with Crippen LogP contribution in [-0.2, 0) is 0 Å². The molecule has 1 saturated carbocycles. The third-order valence-corrected chi connectivity index (χ3v) is 4.44. The molecule has 1 aromatic rings. The van der Waals surface area contributed by atoms with Gasteiger partial charge in [0, 0.05) is 38.7 Å². The maximum Gasteiger partial charge on any atom is 0.136 e. The lowest BCUT2D eigenvalue weighted by Crippen LogP contribution is -2.45. The van der Waals surface area contributed by atoms with Crippen LogP contribution in [0.15, 0.2) is 6.07 Å². The van der Waals surface area contributed by atoms with Gasteiger partial charge in [0.2, 0.25) is 0 Å². The molecule has 110 valence electrons. The largest absolute Gasteiger partial charge is 0.373 e. The summed E-state index contributed by atoms with van der Waals surface area (Å²) in [5.74, 6) is 3.60. The maximum atomic E-state index is 4.80. The summed E-state index contributed by atoms with van der Waals surface area (Å²) in [6.07, 6.45) is 4.99. The second-order valence-corrected chi connectivity index (χ2v) is 6.16. The SMILES string of the molecule is CNc1cc(N(C)C2CCCN(C)C2)nc(C2CC2)n1. The molecule has 3 rings (SSSR count). The lowest BCUT2D eigenvalue weighted by Gasteiger charge is -2.36. The van der Waals surface area contributed by atoms with Crippen LogP contribution in [-0.4, -0.2) is 55.1 Å².